The molecular weight excluding hydrogens is 196 g/mol. The van der Waals surface area contributed by atoms with E-state index < -0.39 is 0 Å². The maximum Gasteiger partial charge on any atom is 0.198 e. The number of hydrogen-bond acceptors (Lipinski definition) is 2. The minimum Gasteiger partial charge on any atom is -0.460 e. The quantitative estimate of drug-likeness (QED) is 0.691. The van der Waals surface area contributed by atoms with E-state index in [1.165, 1.54) is 6.26 Å². The zero-order valence-corrected chi connectivity index (χ0v) is 7.14. The van der Waals surface area contributed by atoms with Gasteiger partial charge in [-0.1, -0.05) is 6.92 Å². The third kappa shape index (κ3) is 1.29. The van der Waals surface area contributed by atoms with Crippen molar-refractivity contribution in [1.82, 2.24) is 0 Å². The van der Waals surface area contributed by atoms with Crippen molar-refractivity contribution < 1.29 is 9.21 Å². The van der Waals surface area contributed by atoms with Gasteiger partial charge in [-0.05, 0) is 22.0 Å². The molecule has 2 nitrogen and oxygen atoms in total. The van der Waals surface area contributed by atoms with E-state index in [4.69, 9.17) is 4.42 Å². The van der Waals surface area contributed by atoms with Crippen molar-refractivity contribution in [2.24, 2.45) is 0 Å². The fourth-order valence-electron chi connectivity index (χ4n) is 0.653. The summed E-state index contributed by atoms with van der Waals surface area (Å²) >= 11 is 3.19. The zero-order valence-electron chi connectivity index (χ0n) is 5.56. The van der Waals surface area contributed by atoms with Gasteiger partial charge in [-0.3, -0.25) is 4.79 Å². The highest BCUT2D eigenvalue weighted by molar-refractivity contribution is 9.10. The van der Waals surface area contributed by atoms with Crippen LogP contribution in [0.15, 0.2) is 21.2 Å². The maximum atomic E-state index is 11.0. The highest BCUT2D eigenvalue weighted by Gasteiger charge is 2.10. The van der Waals surface area contributed by atoms with Crippen LogP contribution in [0.4, 0.5) is 0 Å². The Morgan fingerprint density at radius 1 is 1.80 bits per heavy atom. The van der Waals surface area contributed by atoms with Crippen LogP contribution in [-0.4, -0.2) is 5.78 Å². The monoisotopic (exact) mass is 202 g/mol. The number of carbonyl (C=O) groups excluding carboxylic acids is 1. The number of ketones is 1. The summed E-state index contributed by atoms with van der Waals surface area (Å²) in [5, 5.41) is 0. The van der Waals surface area contributed by atoms with Crippen LogP contribution < -0.4 is 0 Å². The van der Waals surface area contributed by atoms with Crippen molar-refractivity contribution in [2.45, 2.75) is 13.3 Å². The molecule has 1 heterocycles. The minimum absolute atomic E-state index is 0.0249. The van der Waals surface area contributed by atoms with Gasteiger partial charge in [0.1, 0.15) is 0 Å². The first-order chi connectivity index (χ1) is 4.75. The number of rotatable bonds is 2. The number of Topliss-reactive ketones (excluding diaryl/α,β-unsaturated/α-hetero) is 1. The lowest BCUT2D eigenvalue weighted by Gasteiger charge is -1.89. The predicted molar refractivity (Wildman–Crippen MR) is 41.0 cm³/mol. The van der Waals surface area contributed by atoms with Gasteiger partial charge in [0, 0.05) is 6.42 Å². The van der Waals surface area contributed by atoms with Crippen LogP contribution in [0.5, 0.6) is 0 Å². The Morgan fingerprint density at radius 3 is 2.90 bits per heavy atom. The molecule has 0 aliphatic carbocycles. The van der Waals surface area contributed by atoms with Crippen molar-refractivity contribution in [2.75, 3.05) is 0 Å². The van der Waals surface area contributed by atoms with Gasteiger partial charge >= 0.3 is 0 Å². The van der Waals surface area contributed by atoms with Crippen LogP contribution >= 0.6 is 15.9 Å². The largest absolute Gasteiger partial charge is 0.460 e. The van der Waals surface area contributed by atoms with E-state index in [2.05, 4.69) is 15.9 Å². The first kappa shape index (κ1) is 7.54. The maximum absolute atomic E-state index is 11.0. The molecule has 0 fully saturated rings. The lowest BCUT2D eigenvalue weighted by molar-refractivity contribution is 0.0960. The Kier molecular flexibility index (Phi) is 2.27. The summed E-state index contributed by atoms with van der Waals surface area (Å²) in [6.07, 6.45) is 1.97. The second-order valence-corrected chi connectivity index (χ2v) is 2.73. The molecule has 1 aromatic rings. The first-order valence-corrected chi connectivity index (χ1v) is 3.81. The molecule has 0 N–H and O–H groups in total. The number of hydrogen-bond donors (Lipinski definition) is 0. The first-order valence-electron chi connectivity index (χ1n) is 3.02. The van der Waals surface area contributed by atoms with Crippen LogP contribution in [-0.2, 0) is 0 Å². The minimum atomic E-state index is 0.0249. The molecule has 1 aromatic heterocycles. The lowest BCUT2D eigenvalue weighted by atomic mass is 10.2. The zero-order chi connectivity index (χ0) is 7.56. The molecule has 0 aliphatic heterocycles. The molecular formula is C7H7BrO2. The molecule has 0 atom stereocenters. The predicted octanol–water partition coefficient (Wildman–Crippen LogP) is 2.63. The van der Waals surface area contributed by atoms with Crippen molar-refractivity contribution in [1.29, 1.82) is 0 Å². The Labute approximate surface area is 67.3 Å². The van der Waals surface area contributed by atoms with E-state index in [1.807, 2.05) is 0 Å². The van der Waals surface area contributed by atoms with Crippen LogP contribution in [0.2, 0.25) is 0 Å². The molecule has 0 saturated heterocycles. The van der Waals surface area contributed by atoms with E-state index >= 15 is 0 Å². The summed E-state index contributed by atoms with van der Waals surface area (Å²) in [6.45, 7) is 1.80. The van der Waals surface area contributed by atoms with E-state index in [9.17, 15) is 4.79 Å². The van der Waals surface area contributed by atoms with Crippen molar-refractivity contribution in [3.8, 4) is 0 Å². The van der Waals surface area contributed by atoms with E-state index in [0.717, 1.165) is 4.47 Å². The third-order valence-electron chi connectivity index (χ3n) is 1.19. The second-order valence-electron chi connectivity index (χ2n) is 1.87. The van der Waals surface area contributed by atoms with Gasteiger partial charge in [0.05, 0.1) is 10.7 Å². The van der Waals surface area contributed by atoms with Gasteiger partial charge in [-0.25, -0.2) is 0 Å². The molecule has 1 rings (SSSR count). The normalized spacial score (nSPS) is 9.80. The number of carbonyl (C=O) groups is 1. The summed E-state index contributed by atoms with van der Waals surface area (Å²) in [6, 6.07) is 1.71. The van der Waals surface area contributed by atoms with Crippen LogP contribution in [0.3, 0.4) is 0 Å². The standard InChI is InChI=1S/C7H7BrO2/c1-2-6(9)7-5(8)3-4-10-7/h3-4H,2H2,1H3. The van der Waals surface area contributed by atoms with Gasteiger partial charge in [0.2, 0.25) is 0 Å². The average molecular weight is 203 g/mol. The van der Waals surface area contributed by atoms with E-state index in [1.54, 1.807) is 13.0 Å². The van der Waals surface area contributed by atoms with Gasteiger partial charge < -0.3 is 4.42 Å². The summed E-state index contributed by atoms with van der Waals surface area (Å²) in [4.78, 5) is 11.0. The smallest absolute Gasteiger partial charge is 0.198 e. The van der Waals surface area contributed by atoms with E-state index in [0.29, 0.717) is 12.2 Å². The highest BCUT2D eigenvalue weighted by Crippen LogP contribution is 2.18. The Balaban J connectivity index is 2.93. The SMILES string of the molecule is CCC(=O)c1occc1Br. The molecule has 10 heavy (non-hydrogen) atoms. The molecule has 0 spiro atoms. The fraction of sp³-hybridized carbons (Fsp3) is 0.286. The Morgan fingerprint density at radius 2 is 2.50 bits per heavy atom. The molecule has 54 valence electrons. The Hall–Kier alpha value is -0.570. The van der Waals surface area contributed by atoms with Crippen LogP contribution in [0.25, 0.3) is 0 Å². The number of halogens is 1. The highest BCUT2D eigenvalue weighted by atomic mass is 79.9. The second kappa shape index (κ2) is 3.01. The van der Waals surface area contributed by atoms with Gasteiger partial charge in [-0.15, -0.1) is 0 Å². The topological polar surface area (TPSA) is 30.2 Å². The average Bonchev–Trinajstić information content (AvgIpc) is 2.34. The molecule has 3 heteroatoms. The Bertz CT molecular complexity index is 240. The van der Waals surface area contributed by atoms with Crippen LogP contribution in [0.1, 0.15) is 23.9 Å². The number of furan rings is 1. The van der Waals surface area contributed by atoms with Crippen molar-refractivity contribution in [3.05, 3.63) is 22.6 Å². The molecule has 0 bridgehead atoms. The lowest BCUT2D eigenvalue weighted by Crippen LogP contribution is -1.93. The van der Waals surface area contributed by atoms with Crippen LogP contribution in [0, 0.1) is 0 Å². The van der Waals surface area contributed by atoms with Gasteiger partial charge in [-0.2, -0.15) is 0 Å². The molecule has 0 aromatic carbocycles. The summed E-state index contributed by atoms with van der Waals surface area (Å²) < 4.78 is 5.66. The summed E-state index contributed by atoms with van der Waals surface area (Å²) in [5.74, 6) is 0.444. The fourth-order valence-corrected chi connectivity index (χ4v) is 1.08. The van der Waals surface area contributed by atoms with Gasteiger partial charge in [0.25, 0.3) is 0 Å². The van der Waals surface area contributed by atoms with Crippen molar-refractivity contribution >= 4 is 21.7 Å². The van der Waals surface area contributed by atoms with Gasteiger partial charge in [0.15, 0.2) is 11.5 Å². The molecule has 0 unspecified atom stereocenters. The summed E-state index contributed by atoms with van der Waals surface area (Å²) in [7, 11) is 0. The molecule has 0 aliphatic rings. The third-order valence-corrected chi connectivity index (χ3v) is 1.82. The van der Waals surface area contributed by atoms with E-state index in [-0.39, 0.29) is 5.78 Å². The van der Waals surface area contributed by atoms with Crippen molar-refractivity contribution in [3.63, 3.8) is 0 Å². The molecule has 0 radical (unpaired) electrons. The molecule has 0 saturated carbocycles. The summed E-state index contributed by atoms with van der Waals surface area (Å²) in [5.41, 5.74) is 0. The molecule has 0 amide bonds.